The summed E-state index contributed by atoms with van der Waals surface area (Å²) in [6, 6.07) is 0.654. The average Bonchev–Trinajstić information content (AvgIpc) is 2.91. The van der Waals surface area contributed by atoms with Gasteiger partial charge in [-0.2, -0.15) is 0 Å². The van der Waals surface area contributed by atoms with Crippen LogP contribution in [0.5, 0.6) is 0 Å². The van der Waals surface area contributed by atoms with Crippen LogP contribution in [-0.2, 0) is 4.79 Å². The van der Waals surface area contributed by atoms with Gasteiger partial charge in [-0.25, -0.2) is 0 Å². The molecule has 15 heavy (non-hydrogen) atoms. The van der Waals surface area contributed by atoms with E-state index in [9.17, 15) is 4.79 Å². The Hall–Kier alpha value is -1.01. The molecule has 1 fully saturated rings. The van der Waals surface area contributed by atoms with Gasteiger partial charge in [0.1, 0.15) is 5.01 Å². The quantitative estimate of drug-likeness (QED) is 0.783. The van der Waals surface area contributed by atoms with Crippen molar-refractivity contribution in [2.45, 2.75) is 32.2 Å². The molecule has 0 aromatic carbocycles. The topological polar surface area (TPSA) is 66.9 Å². The van der Waals surface area contributed by atoms with Crippen molar-refractivity contribution in [2.75, 3.05) is 11.9 Å². The Morgan fingerprint density at radius 1 is 1.53 bits per heavy atom. The molecule has 1 saturated carbocycles. The number of nitrogens with zero attached hydrogens (tertiary/aromatic N) is 2. The van der Waals surface area contributed by atoms with Gasteiger partial charge in [0.2, 0.25) is 11.0 Å². The van der Waals surface area contributed by atoms with Crippen molar-refractivity contribution in [1.29, 1.82) is 0 Å². The third-order valence-electron chi connectivity index (χ3n) is 2.13. The minimum atomic E-state index is -0.000648. The fraction of sp³-hybridized carbons (Fsp3) is 0.667. The SMILES string of the molecule is Cc1nnc(NC(=O)CCNC2CC2)s1. The molecule has 2 rings (SSSR count). The maximum Gasteiger partial charge on any atom is 0.227 e. The van der Waals surface area contributed by atoms with E-state index in [4.69, 9.17) is 0 Å². The molecule has 6 heteroatoms. The number of rotatable bonds is 5. The van der Waals surface area contributed by atoms with Crippen LogP contribution in [0.3, 0.4) is 0 Å². The Balaban J connectivity index is 1.67. The Morgan fingerprint density at radius 3 is 2.93 bits per heavy atom. The van der Waals surface area contributed by atoms with E-state index in [1.54, 1.807) is 0 Å². The van der Waals surface area contributed by atoms with Gasteiger partial charge in [-0.15, -0.1) is 10.2 Å². The van der Waals surface area contributed by atoms with Crippen LogP contribution in [0.25, 0.3) is 0 Å². The van der Waals surface area contributed by atoms with E-state index in [0.717, 1.165) is 11.6 Å². The fourth-order valence-electron chi connectivity index (χ4n) is 1.21. The molecular formula is C9H14N4OS. The van der Waals surface area contributed by atoms with Gasteiger partial charge < -0.3 is 10.6 Å². The fourth-order valence-corrected chi connectivity index (χ4v) is 1.81. The van der Waals surface area contributed by atoms with E-state index in [1.165, 1.54) is 24.2 Å². The van der Waals surface area contributed by atoms with E-state index >= 15 is 0 Å². The average molecular weight is 226 g/mol. The van der Waals surface area contributed by atoms with Crippen molar-refractivity contribution < 1.29 is 4.79 Å². The number of amides is 1. The van der Waals surface area contributed by atoms with E-state index in [1.807, 2.05) is 6.92 Å². The lowest BCUT2D eigenvalue weighted by Gasteiger charge is -2.01. The zero-order valence-corrected chi connectivity index (χ0v) is 9.43. The van der Waals surface area contributed by atoms with Gasteiger partial charge in [0, 0.05) is 19.0 Å². The number of aryl methyl sites for hydroxylation is 1. The summed E-state index contributed by atoms with van der Waals surface area (Å²) in [6.07, 6.45) is 2.99. The first-order chi connectivity index (χ1) is 7.24. The van der Waals surface area contributed by atoms with Gasteiger partial charge >= 0.3 is 0 Å². The van der Waals surface area contributed by atoms with Crippen LogP contribution in [0, 0.1) is 6.92 Å². The molecule has 1 aromatic heterocycles. The highest BCUT2D eigenvalue weighted by Crippen LogP contribution is 2.18. The molecule has 5 nitrogen and oxygen atoms in total. The Bertz CT molecular complexity index is 348. The lowest BCUT2D eigenvalue weighted by atomic mass is 10.4. The van der Waals surface area contributed by atoms with Crippen LogP contribution in [0.15, 0.2) is 0 Å². The van der Waals surface area contributed by atoms with Gasteiger partial charge in [0.25, 0.3) is 0 Å². The Kier molecular flexibility index (Phi) is 3.27. The molecule has 0 unspecified atom stereocenters. The number of hydrogen-bond acceptors (Lipinski definition) is 5. The summed E-state index contributed by atoms with van der Waals surface area (Å²) >= 11 is 1.39. The van der Waals surface area contributed by atoms with Gasteiger partial charge in [0.15, 0.2) is 0 Å². The van der Waals surface area contributed by atoms with E-state index in [0.29, 0.717) is 17.6 Å². The maximum atomic E-state index is 11.4. The van der Waals surface area contributed by atoms with E-state index in [-0.39, 0.29) is 5.91 Å². The second kappa shape index (κ2) is 4.67. The molecule has 1 aliphatic carbocycles. The van der Waals surface area contributed by atoms with E-state index < -0.39 is 0 Å². The minimum absolute atomic E-state index is 0.000648. The Morgan fingerprint density at radius 2 is 2.33 bits per heavy atom. The van der Waals surface area contributed by atoms with Crippen molar-refractivity contribution >= 4 is 22.4 Å². The molecule has 0 saturated heterocycles. The molecule has 0 radical (unpaired) electrons. The van der Waals surface area contributed by atoms with Gasteiger partial charge in [-0.05, 0) is 19.8 Å². The van der Waals surface area contributed by atoms with Crippen molar-refractivity contribution in [3.8, 4) is 0 Å². The summed E-state index contributed by atoms with van der Waals surface area (Å²) in [5, 5.41) is 15.1. The number of carbonyl (C=O) groups excluding carboxylic acids is 1. The predicted octanol–water partition coefficient (Wildman–Crippen LogP) is 0.927. The lowest BCUT2D eigenvalue weighted by Crippen LogP contribution is -2.23. The molecule has 82 valence electrons. The zero-order chi connectivity index (χ0) is 10.7. The predicted molar refractivity (Wildman–Crippen MR) is 58.9 cm³/mol. The minimum Gasteiger partial charge on any atom is -0.313 e. The molecule has 1 amide bonds. The van der Waals surface area contributed by atoms with Crippen molar-refractivity contribution in [3.05, 3.63) is 5.01 Å². The highest BCUT2D eigenvalue weighted by Gasteiger charge is 2.20. The number of hydrogen-bond donors (Lipinski definition) is 2. The van der Waals surface area contributed by atoms with Crippen LogP contribution < -0.4 is 10.6 Å². The second-order valence-electron chi connectivity index (χ2n) is 3.65. The van der Waals surface area contributed by atoms with Gasteiger partial charge in [-0.1, -0.05) is 11.3 Å². The van der Waals surface area contributed by atoms with Crippen molar-refractivity contribution in [1.82, 2.24) is 15.5 Å². The van der Waals surface area contributed by atoms with Crippen LogP contribution in [0.4, 0.5) is 5.13 Å². The third kappa shape index (κ3) is 3.56. The second-order valence-corrected chi connectivity index (χ2v) is 4.83. The molecule has 0 bridgehead atoms. The molecule has 1 heterocycles. The Labute approximate surface area is 92.3 Å². The summed E-state index contributed by atoms with van der Waals surface area (Å²) < 4.78 is 0. The normalized spacial score (nSPS) is 15.3. The van der Waals surface area contributed by atoms with Crippen LogP contribution >= 0.6 is 11.3 Å². The molecular weight excluding hydrogens is 212 g/mol. The van der Waals surface area contributed by atoms with Gasteiger partial charge in [0.05, 0.1) is 0 Å². The number of anilines is 1. The zero-order valence-electron chi connectivity index (χ0n) is 8.62. The molecule has 2 N–H and O–H groups in total. The largest absolute Gasteiger partial charge is 0.313 e. The highest BCUT2D eigenvalue weighted by molar-refractivity contribution is 7.15. The first-order valence-electron chi connectivity index (χ1n) is 5.07. The molecule has 0 atom stereocenters. The smallest absolute Gasteiger partial charge is 0.227 e. The van der Waals surface area contributed by atoms with Crippen molar-refractivity contribution in [3.63, 3.8) is 0 Å². The number of nitrogens with one attached hydrogen (secondary N) is 2. The third-order valence-corrected chi connectivity index (χ3v) is 2.89. The molecule has 0 spiro atoms. The maximum absolute atomic E-state index is 11.4. The number of carbonyl (C=O) groups is 1. The monoisotopic (exact) mass is 226 g/mol. The molecule has 1 aliphatic rings. The van der Waals surface area contributed by atoms with Crippen LogP contribution in [0.1, 0.15) is 24.3 Å². The summed E-state index contributed by atoms with van der Waals surface area (Å²) in [4.78, 5) is 11.4. The lowest BCUT2D eigenvalue weighted by molar-refractivity contribution is -0.116. The summed E-state index contributed by atoms with van der Waals surface area (Å²) in [5.41, 5.74) is 0. The number of aromatic nitrogens is 2. The molecule has 1 aromatic rings. The standard InChI is InChI=1S/C9H14N4OS/c1-6-12-13-9(15-6)11-8(14)4-5-10-7-2-3-7/h7,10H,2-5H2,1H3,(H,11,13,14). The van der Waals surface area contributed by atoms with Gasteiger partial charge in [-0.3, -0.25) is 4.79 Å². The van der Waals surface area contributed by atoms with Crippen LogP contribution in [-0.4, -0.2) is 28.7 Å². The van der Waals surface area contributed by atoms with Crippen LogP contribution in [0.2, 0.25) is 0 Å². The highest BCUT2D eigenvalue weighted by atomic mass is 32.1. The van der Waals surface area contributed by atoms with E-state index in [2.05, 4.69) is 20.8 Å². The summed E-state index contributed by atoms with van der Waals surface area (Å²) in [5.74, 6) is -0.000648. The first kappa shape index (κ1) is 10.5. The molecule has 0 aliphatic heterocycles. The van der Waals surface area contributed by atoms with Crippen molar-refractivity contribution in [2.24, 2.45) is 0 Å². The summed E-state index contributed by atoms with van der Waals surface area (Å²) in [6.45, 7) is 2.61. The summed E-state index contributed by atoms with van der Waals surface area (Å²) in [7, 11) is 0. The first-order valence-corrected chi connectivity index (χ1v) is 5.89.